The lowest BCUT2D eigenvalue weighted by atomic mass is 10.00. The molecule has 3 heterocycles. The minimum absolute atomic E-state index is 0.0595. The molecule has 172 valence electrons. The molecule has 0 saturated carbocycles. The molecule has 4 rings (SSSR count). The van der Waals surface area contributed by atoms with Gasteiger partial charge in [-0.15, -0.1) is 0 Å². The third-order valence-corrected chi connectivity index (χ3v) is 6.63. The van der Waals surface area contributed by atoms with Crippen molar-refractivity contribution in [1.82, 2.24) is 19.5 Å². The quantitative estimate of drug-likeness (QED) is 0.627. The first-order valence-corrected chi connectivity index (χ1v) is 11.8. The number of aliphatic hydroxyl groups excluding tert-OH is 1. The van der Waals surface area contributed by atoms with E-state index in [9.17, 15) is 26.7 Å². The predicted molar refractivity (Wildman–Crippen MR) is 111 cm³/mol. The second-order valence-corrected chi connectivity index (χ2v) is 10.1. The van der Waals surface area contributed by atoms with E-state index in [0.717, 1.165) is 12.5 Å². The van der Waals surface area contributed by atoms with Gasteiger partial charge in [0.1, 0.15) is 5.82 Å². The maximum atomic E-state index is 13.5. The minimum Gasteiger partial charge on any atom is -0.392 e. The fourth-order valence-corrected chi connectivity index (χ4v) is 4.72. The Morgan fingerprint density at radius 1 is 1.22 bits per heavy atom. The van der Waals surface area contributed by atoms with Crippen LogP contribution in [-0.2, 0) is 29.2 Å². The summed E-state index contributed by atoms with van der Waals surface area (Å²) in [6.45, 7) is 3.69. The molecular formula is C20H22F3N5O3S. The van der Waals surface area contributed by atoms with Crippen LogP contribution >= 0.6 is 0 Å². The zero-order chi connectivity index (χ0) is 23.4. The number of sulfone groups is 1. The Morgan fingerprint density at radius 2 is 1.94 bits per heavy atom. The van der Waals surface area contributed by atoms with Gasteiger partial charge in [0.15, 0.2) is 15.5 Å². The molecule has 0 spiro atoms. The van der Waals surface area contributed by atoms with Crippen LogP contribution in [0, 0.1) is 5.92 Å². The molecule has 0 radical (unpaired) electrons. The molecule has 3 aromatic rings. The lowest BCUT2D eigenvalue weighted by Crippen LogP contribution is -2.42. The summed E-state index contributed by atoms with van der Waals surface area (Å²) < 4.78 is 66.3. The number of nitrogens with zero attached hydrogens (tertiary/aromatic N) is 5. The summed E-state index contributed by atoms with van der Waals surface area (Å²) in [5.41, 5.74) is -0.294. The summed E-state index contributed by atoms with van der Waals surface area (Å²) in [5, 5.41) is 9.26. The monoisotopic (exact) mass is 469 g/mol. The Balaban J connectivity index is 1.84. The Labute approximate surface area is 182 Å². The van der Waals surface area contributed by atoms with E-state index in [-0.39, 0.29) is 22.3 Å². The molecule has 2 aromatic heterocycles. The highest BCUT2D eigenvalue weighted by Crippen LogP contribution is 2.38. The number of benzene rings is 1. The third-order valence-electron chi connectivity index (χ3n) is 5.52. The highest BCUT2D eigenvalue weighted by molar-refractivity contribution is 7.90. The van der Waals surface area contributed by atoms with E-state index in [0.29, 0.717) is 29.9 Å². The maximum Gasteiger partial charge on any atom is 0.433 e. The van der Waals surface area contributed by atoms with E-state index < -0.39 is 34.4 Å². The van der Waals surface area contributed by atoms with Crippen molar-refractivity contribution >= 4 is 26.8 Å². The fraction of sp³-hybridized carbons (Fsp3) is 0.450. The van der Waals surface area contributed by atoms with Crippen LogP contribution in [0.4, 0.5) is 19.1 Å². The molecule has 0 aliphatic carbocycles. The lowest BCUT2D eigenvalue weighted by Gasteiger charge is -2.38. The normalized spacial score (nSPS) is 17.2. The largest absolute Gasteiger partial charge is 0.433 e. The first-order valence-electron chi connectivity index (χ1n) is 9.92. The van der Waals surface area contributed by atoms with Crippen molar-refractivity contribution < 1.29 is 26.7 Å². The van der Waals surface area contributed by atoms with Gasteiger partial charge in [0.05, 0.1) is 28.6 Å². The van der Waals surface area contributed by atoms with Gasteiger partial charge in [0.25, 0.3) is 0 Å². The number of imidazole rings is 1. The summed E-state index contributed by atoms with van der Waals surface area (Å²) in [6.07, 6.45) is -2.60. The predicted octanol–water partition coefficient (Wildman–Crippen LogP) is 2.96. The van der Waals surface area contributed by atoms with Crippen LogP contribution in [0.15, 0.2) is 29.3 Å². The molecule has 0 saturated heterocycles. The molecule has 0 amide bonds. The zero-order valence-corrected chi connectivity index (χ0v) is 18.4. The Hall–Kier alpha value is -2.73. The molecule has 0 fully saturated rings. The standard InChI is InChI=1S/C20H22F3N5O3S/c1-11(2)16-18-25-14-5-4-13(32(3,30)31)8-15(14)27(18)6-7-28(16)19-24-9-12(10-29)17(26-19)20(21,22)23/h4-5,8-9,11,16,29H,6-7,10H2,1-3H3/t16-/m0/s1. The van der Waals surface area contributed by atoms with Crippen molar-refractivity contribution in [2.24, 2.45) is 5.92 Å². The van der Waals surface area contributed by atoms with E-state index >= 15 is 0 Å². The molecule has 1 N–H and O–H groups in total. The van der Waals surface area contributed by atoms with Gasteiger partial charge >= 0.3 is 6.18 Å². The average Bonchev–Trinajstić information content (AvgIpc) is 3.08. The molecule has 8 nitrogen and oxygen atoms in total. The Kier molecular flexibility index (Phi) is 5.40. The van der Waals surface area contributed by atoms with E-state index in [2.05, 4.69) is 15.0 Å². The van der Waals surface area contributed by atoms with Crippen LogP contribution in [0.3, 0.4) is 0 Å². The van der Waals surface area contributed by atoms with Gasteiger partial charge < -0.3 is 14.6 Å². The van der Waals surface area contributed by atoms with Gasteiger partial charge in [-0.2, -0.15) is 13.2 Å². The van der Waals surface area contributed by atoms with Crippen molar-refractivity contribution in [2.45, 2.75) is 44.1 Å². The van der Waals surface area contributed by atoms with Gasteiger partial charge in [-0.05, 0) is 24.1 Å². The highest BCUT2D eigenvalue weighted by atomic mass is 32.2. The molecular weight excluding hydrogens is 447 g/mol. The number of alkyl halides is 3. The van der Waals surface area contributed by atoms with Crippen LogP contribution < -0.4 is 4.90 Å². The summed E-state index contributed by atoms with van der Waals surface area (Å²) in [6, 6.07) is 4.26. The van der Waals surface area contributed by atoms with Crippen molar-refractivity contribution in [3.8, 4) is 0 Å². The first kappa shape index (κ1) is 22.5. The number of hydrogen-bond donors (Lipinski definition) is 1. The minimum atomic E-state index is -4.73. The average molecular weight is 469 g/mol. The van der Waals surface area contributed by atoms with E-state index in [4.69, 9.17) is 0 Å². The van der Waals surface area contributed by atoms with Crippen molar-refractivity contribution in [2.75, 3.05) is 17.7 Å². The van der Waals surface area contributed by atoms with Crippen LogP contribution in [-0.4, -0.2) is 45.8 Å². The number of rotatable bonds is 4. The van der Waals surface area contributed by atoms with Crippen LogP contribution in [0.2, 0.25) is 0 Å². The Bertz CT molecular complexity index is 1290. The molecule has 1 aliphatic heterocycles. The molecule has 1 aromatic carbocycles. The molecule has 1 aliphatic rings. The second kappa shape index (κ2) is 7.69. The molecule has 12 heteroatoms. The van der Waals surface area contributed by atoms with Gasteiger partial charge in [-0.3, -0.25) is 0 Å². The Morgan fingerprint density at radius 3 is 2.53 bits per heavy atom. The van der Waals surface area contributed by atoms with Crippen molar-refractivity contribution in [1.29, 1.82) is 0 Å². The smallest absolute Gasteiger partial charge is 0.392 e. The van der Waals surface area contributed by atoms with Crippen molar-refractivity contribution in [3.63, 3.8) is 0 Å². The first-order chi connectivity index (χ1) is 14.9. The summed E-state index contributed by atoms with van der Waals surface area (Å²) in [7, 11) is -3.41. The topological polar surface area (TPSA) is 101 Å². The van der Waals surface area contributed by atoms with Crippen LogP contribution in [0.5, 0.6) is 0 Å². The van der Waals surface area contributed by atoms with E-state index in [1.807, 2.05) is 18.4 Å². The van der Waals surface area contributed by atoms with Gasteiger partial charge in [0.2, 0.25) is 5.95 Å². The van der Waals surface area contributed by atoms with E-state index in [1.54, 1.807) is 17.0 Å². The number of fused-ring (bicyclic) bond motifs is 3. The summed E-state index contributed by atoms with van der Waals surface area (Å²) in [5.74, 6) is 0.453. The molecule has 0 unspecified atom stereocenters. The van der Waals surface area contributed by atoms with Crippen LogP contribution in [0.1, 0.15) is 37.0 Å². The number of aliphatic hydroxyl groups is 1. The zero-order valence-electron chi connectivity index (χ0n) is 17.6. The molecule has 32 heavy (non-hydrogen) atoms. The summed E-state index contributed by atoms with van der Waals surface area (Å²) in [4.78, 5) is 14.4. The highest BCUT2D eigenvalue weighted by Gasteiger charge is 2.39. The second-order valence-electron chi connectivity index (χ2n) is 8.13. The SMILES string of the molecule is CC(C)[C@H]1c2nc3ccc(S(C)(=O)=O)cc3n2CCN1c1ncc(CO)c(C(F)(F)F)n1. The maximum absolute atomic E-state index is 13.5. The summed E-state index contributed by atoms with van der Waals surface area (Å²) >= 11 is 0. The third kappa shape index (κ3) is 3.81. The van der Waals surface area contributed by atoms with Gasteiger partial charge in [-0.1, -0.05) is 13.8 Å². The number of hydrogen-bond acceptors (Lipinski definition) is 7. The lowest BCUT2D eigenvalue weighted by molar-refractivity contribution is -0.142. The number of aromatic nitrogens is 4. The van der Waals surface area contributed by atoms with Gasteiger partial charge in [-0.25, -0.2) is 23.4 Å². The molecule has 0 bridgehead atoms. The van der Waals surface area contributed by atoms with Crippen molar-refractivity contribution in [3.05, 3.63) is 41.5 Å². The van der Waals surface area contributed by atoms with Crippen LogP contribution in [0.25, 0.3) is 11.0 Å². The number of anilines is 1. The van der Waals surface area contributed by atoms with Gasteiger partial charge in [0, 0.05) is 31.1 Å². The molecule has 1 atom stereocenters. The fourth-order valence-electron chi connectivity index (χ4n) is 4.08. The van der Waals surface area contributed by atoms with E-state index in [1.165, 1.54) is 6.07 Å². The number of halogens is 3.